The number of unbranched alkanes of at least 4 members (excludes halogenated alkanes) is 12. The number of hydrogen-bond acceptors (Lipinski definition) is 2. The molecule has 0 saturated carbocycles. The summed E-state index contributed by atoms with van der Waals surface area (Å²) < 4.78 is 2.52. The second-order valence-corrected chi connectivity index (χ2v) is 7.76. The molecule has 3 heteroatoms. The van der Waals surface area contributed by atoms with Crippen LogP contribution in [0.1, 0.15) is 104 Å². The van der Waals surface area contributed by atoms with E-state index in [1.165, 1.54) is 103 Å². The van der Waals surface area contributed by atoms with Gasteiger partial charge in [-0.1, -0.05) is 84.0 Å². The van der Waals surface area contributed by atoms with Crippen LogP contribution >= 0.6 is 0 Å². The van der Waals surface area contributed by atoms with E-state index in [1.807, 2.05) is 0 Å². The minimum absolute atomic E-state index is 0.777. The van der Waals surface area contributed by atoms with E-state index in [0.29, 0.717) is 0 Å². The number of rotatable bonds is 17. The minimum Gasteiger partial charge on any atom is -0.327 e. The molecule has 0 aromatic rings. The second-order valence-electron chi connectivity index (χ2n) is 7.76. The number of hydrogen-bond donors (Lipinski definition) is 1. The zero-order valence-corrected chi connectivity index (χ0v) is 17.4. The van der Waals surface area contributed by atoms with Crippen LogP contribution in [0.25, 0.3) is 0 Å². The van der Waals surface area contributed by atoms with E-state index < -0.39 is 0 Å². The summed E-state index contributed by atoms with van der Waals surface area (Å²) in [5.41, 5.74) is 5.76. The van der Waals surface area contributed by atoms with Gasteiger partial charge in [-0.25, -0.2) is 0 Å². The summed E-state index contributed by atoms with van der Waals surface area (Å²) in [4.78, 5) is 2.55. The summed E-state index contributed by atoms with van der Waals surface area (Å²) in [6.07, 6.45) is 19.9. The molecule has 0 amide bonds. The molecule has 25 heavy (non-hydrogen) atoms. The molecule has 0 bridgehead atoms. The number of nitrogens with zero attached hydrogens (tertiary/aromatic N) is 2. The monoisotopic (exact) mass is 352 g/mol. The van der Waals surface area contributed by atoms with Crippen molar-refractivity contribution in [2.24, 2.45) is 5.73 Å². The van der Waals surface area contributed by atoms with E-state index in [2.05, 4.69) is 23.3 Å². The largest absolute Gasteiger partial charge is 0.327 e. The first-order chi connectivity index (χ1) is 12.3. The lowest BCUT2D eigenvalue weighted by atomic mass is 10.0. The van der Waals surface area contributed by atoms with Gasteiger partial charge in [0.1, 0.15) is 13.1 Å². The van der Waals surface area contributed by atoms with Crippen molar-refractivity contribution in [1.29, 1.82) is 0 Å². The average molecular weight is 353 g/mol. The molecule has 1 heterocycles. The van der Waals surface area contributed by atoms with Gasteiger partial charge in [0.15, 0.2) is 0 Å². The molecule has 0 atom stereocenters. The molecular weight excluding hydrogens is 306 g/mol. The summed E-state index contributed by atoms with van der Waals surface area (Å²) in [6, 6.07) is 0. The molecule has 1 aliphatic rings. The van der Waals surface area contributed by atoms with E-state index in [1.54, 1.807) is 5.84 Å². The van der Waals surface area contributed by atoms with Crippen molar-refractivity contribution in [2.45, 2.75) is 104 Å². The van der Waals surface area contributed by atoms with Crippen molar-refractivity contribution in [2.75, 3.05) is 32.7 Å². The molecule has 0 unspecified atom stereocenters. The fraction of sp³-hybridized carbons (Fsp3) is 0.955. The van der Waals surface area contributed by atoms with Gasteiger partial charge in [-0.15, -0.1) is 0 Å². The van der Waals surface area contributed by atoms with E-state index in [9.17, 15) is 0 Å². The van der Waals surface area contributed by atoms with Crippen molar-refractivity contribution in [1.82, 2.24) is 4.90 Å². The lowest BCUT2D eigenvalue weighted by Gasteiger charge is -2.11. The van der Waals surface area contributed by atoms with Crippen LogP contribution in [0.2, 0.25) is 0 Å². The van der Waals surface area contributed by atoms with Crippen LogP contribution in [0.3, 0.4) is 0 Å². The second kappa shape index (κ2) is 15.7. The van der Waals surface area contributed by atoms with E-state index in [4.69, 9.17) is 5.73 Å². The molecule has 0 aromatic heterocycles. The molecule has 1 rings (SSSR count). The van der Waals surface area contributed by atoms with Gasteiger partial charge in [-0.2, -0.15) is 0 Å². The van der Waals surface area contributed by atoms with E-state index in [0.717, 1.165) is 19.6 Å². The van der Waals surface area contributed by atoms with Gasteiger partial charge in [-0.3, -0.25) is 9.48 Å². The first-order valence-corrected chi connectivity index (χ1v) is 11.4. The van der Waals surface area contributed by atoms with Crippen LogP contribution in [-0.2, 0) is 0 Å². The highest BCUT2D eigenvalue weighted by Gasteiger charge is 2.27. The zero-order chi connectivity index (χ0) is 18.2. The Kier molecular flexibility index (Phi) is 14.1. The summed E-state index contributed by atoms with van der Waals surface area (Å²) in [5, 5.41) is 0. The molecule has 148 valence electrons. The van der Waals surface area contributed by atoms with Gasteiger partial charge in [-0.05, 0) is 13.3 Å². The SMILES string of the molecule is CCCCCCCCCCCCCCCC1=[N+](CCN)CCN1CC. The van der Waals surface area contributed by atoms with Crippen LogP contribution in [0.15, 0.2) is 0 Å². The standard InChI is InChI=1S/C22H46N3/c1-3-5-6-7-8-9-10-11-12-13-14-15-16-17-22-24(4-2)20-21-25(22)19-18-23/h3-21,23H2,1-2H3/q+1. The maximum absolute atomic E-state index is 5.76. The summed E-state index contributed by atoms with van der Waals surface area (Å²) in [5.74, 6) is 1.57. The first kappa shape index (κ1) is 22.5. The Morgan fingerprint density at radius 2 is 1.32 bits per heavy atom. The third kappa shape index (κ3) is 10.2. The molecule has 0 radical (unpaired) electrons. The van der Waals surface area contributed by atoms with Gasteiger partial charge in [0.25, 0.3) is 0 Å². The van der Waals surface area contributed by atoms with Gasteiger partial charge < -0.3 is 5.73 Å². The van der Waals surface area contributed by atoms with Crippen molar-refractivity contribution in [3.05, 3.63) is 0 Å². The number of likely N-dealkylation sites (N-methyl/N-ethyl adjacent to an activating group) is 1. The van der Waals surface area contributed by atoms with Gasteiger partial charge in [0.05, 0.1) is 13.1 Å². The van der Waals surface area contributed by atoms with Crippen LogP contribution in [0.5, 0.6) is 0 Å². The lowest BCUT2D eigenvalue weighted by Crippen LogP contribution is -2.30. The van der Waals surface area contributed by atoms with Gasteiger partial charge in [0.2, 0.25) is 5.84 Å². The van der Waals surface area contributed by atoms with Crippen molar-refractivity contribution >= 4 is 5.84 Å². The fourth-order valence-electron chi connectivity index (χ4n) is 4.05. The predicted octanol–water partition coefficient (Wildman–Crippen LogP) is 5.17. The molecule has 0 aliphatic carbocycles. The highest BCUT2D eigenvalue weighted by Crippen LogP contribution is 2.14. The molecule has 0 aromatic carbocycles. The Hall–Kier alpha value is -0.570. The topological polar surface area (TPSA) is 32.3 Å². The van der Waals surface area contributed by atoms with Crippen molar-refractivity contribution in [3.63, 3.8) is 0 Å². The van der Waals surface area contributed by atoms with Crippen LogP contribution in [0, 0.1) is 0 Å². The van der Waals surface area contributed by atoms with E-state index in [-0.39, 0.29) is 0 Å². The lowest BCUT2D eigenvalue weighted by molar-refractivity contribution is -0.516. The molecule has 0 fully saturated rings. The number of nitrogens with two attached hydrogens (primary N) is 1. The third-order valence-electron chi connectivity index (χ3n) is 5.65. The van der Waals surface area contributed by atoms with Crippen LogP contribution < -0.4 is 5.73 Å². The fourth-order valence-corrected chi connectivity index (χ4v) is 4.05. The van der Waals surface area contributed by atoms with Crippen LogP contribution in [-0.4, -0.2) is 48.0 Å². The maximum atomic E-state index is 5.76. The highest BCUT2D eigenvalue weighted by atomic mass is 15.3. The highest BCUT2D eigenvalue weighted by molar-refractivity contribution is 5.78. The molecule has 1 aliphatic heterocycles. The predicted molar refractivity (Wildman–Crippen MR) is 112 cm³/mol. The smallest absolute Gasteiger partial charge is 0.247 e. The van der Waals surface area contributed by atoms with Crippen LogP contribution in [0.4, 0.5) is 0 Å². The Labute approximate surface area is 158 Å². The quantitative estimate of drug-likeness (QED) is 0.289. The molecule has 3 nitrogen and oxygen atoms in total. The normalized spacial score (nSPS) is 14.8. The average Bonchev–Trinajstić information content (AvgIpc) is 3.01. The summed E-state index contributed by atoms with van der Waals surface area (Å²) in [6.45, 7) is 9.90. The van der Waals surface area contributed by atoms with Gasteiger partial charge in [0, 0.05) is 13.0 Å². The Bertz CT molecular complexity index is 338. The van der Waals surface area contributed by atoms with Gasteiger partial charge >= 0.3 is 0 Å². The maximum Gasteiger partial charge on any atom is 0.247 e. The number of amidine groups is 1. The molecular formula is C22H46N3+. The molecule has 2 N–H and O–H groups in total. The summed E-state index contributed by atoms with van der Waals surface area (Å²) >= 11 is 0. The first-order valence-electron chi connectivity index (χ1n) is 11.4. The Balaban J connectivity index is 1.95. The van der Waals surface area contributed by atoms with Crippen molar-refractivity contribution < 1.29 is 4.58 Å². The molecule has 0 saturated heterocycles. The minimum atomic E-state index is 0.777. The van der Waals surface area contributed by atoms with Crippen molar-refractivity contribution in [3.8, 4) is 0 Å². The summed E-state index contributed by atoms with van der Waals surface area (Å²) in [7, 11) is 0. The Morgan fingerprint density at radius 1 is 0.800 bits per heavy atom. The molecule has 0 spiro atoms. The third-order valence-corrected chi connectivity index (χ3v) is 5.65. The Morgan fingerprint density at radius 3 is 1.80 bits per heavy atom. The van der Waals surface area contributed by atoms with E-state index >= 15 is 0 Å². The zero-order valence-electron chi connectivity index (χ0n) is 17.4.